The molecule has 0 bridgehead atoms. The summed E-state index contributed by atoms with van der Waals surface area (Å²) >= 11 is 22.0. The summed E-state index contributed by atoms with van der Waals surface area (Å²) < 4.78 is 3.14. The van der Waals surface area contributed by atoms with Gasteiger partial charge in [-0.3, -0.25) is 4.79 Å². The number of rotatable bonds is 6. The Morgan fingerprint density at radius 3 is 2.58 bits per heavy atom. The SMILES string of the molecule is CCc1c(C(=O)c2cccc(Cl)c2Cl)c2cccc(Br)c2n1CCCCl. The Hall–Kier alpha value is -1.000. The standard InChI is InChI=1S/C20H17BrCl3NO/c1-2-16-17(20(26)13-7-4-9-15(23)18(13)24)12-6-3-8-14(21)19(12)25(16)11-5-10-22/h3-4,6-9H,2,5,10-11H2,1H3. The predicted octanol–water partition coefficient (Wildman–Crippen LogP) is 7.13. The lowest BCUT2D eigenvalue weighted by atomic mass is 9.99. The van der Waals surface area contributed by atoms with Crippen LogP contribution in [0.3, 0.4) is 0 Å². The van der Waals surface area contributed by atoms with E-state index in [0.29, 0.717) is 22.0 Å². The van der Waals surface area contributed by atoms with E-state index < -0.39 is 0 Å². The Labute approximate surface area is 176 Å². The zero-order valence-corrected chi connectivity index (χ0v) is 18.0. The van der Waals surface area contributed by atoms with Gasteiger partial charge in [0.05, 0.1) is 21.1 Å². The fourth-order valence-corrected chi connectivity index (χ4v) is 4.40. The van der Waals surface area contributed by atoms with E-state index in [-0.39, 0.29) is 10.8 Å². The highest BCUT2D eigenvalue weighted by atomic mass is 79.9. The molecule has 1 heterocycles. The van der Waals surface area contributed by atoms with Crippen molar-refractivity contribution in [1.29, 1.82) is 0 Å². The van der Waals surface area contributed by atoms with Crippen molar-refractivity contribution in [1.82, 2.24) is 4.57 Å². The average molecular weight is 474 g/mol. The summed E-state index contributed by atoms with van der Waals surface area (Å²) in [5, 5.41) is 1.58. The summed E-state index contributed by atoms with van der Waals surface area (Å²) in [6.07, 6.45) is 1.55. The number of carbonyl (C=O) groups is 1. The summed E-state index contributed by atoms with van der Waals surface area (Å²) in [5.41, 5.74) is 3.10. The molecule has 0 radical (unpaired) electrons. The van der Waals surface area contributed by atoms with Crippen molar-refractivity contribution in [2.24, 2.45) is 0 Å². The third-order valence-electron chi connectivity index (χ3n) is 4.41. The van der Waals surface area contributed by atoms with E-state index in [9.17, 15) is 4.79 Å². The molecule has 6 heteroatoms. The van der Waals surface area contributed by atoms with Gasteiger partial charge < -0.3 is 4.57 Å². The van der Waals surface area contributed by atoms with Gasteiger partial charge in [-0.2, -0.15) is 0 Å². The van der Waals surface area contributed by atoms with E-state index in [1.165, 1.54) is 0 Å². The lowest BCUT2D eigenvalue weighted by Gasteiger charge is -2.11. The van der Waals surface area contributed by atoms with E-state index in [2.05, 4.69) is 27.4 Å². The molecule has 0 saturated heterocycles. The van der Waals surface area contributed by atoms with Gasteiger partial charge in [0.15, 0.2) is 5.78 Å². The number of fused-ring (bicyclic) bond motifs is 1. The number of halogens is 4. The van der Waals surface area contributed by atoms with Gasteiger partial charge in [-0.1, -0.05) is 48.3 Å². The molecule has 2 aromatic carbocycles. The highest BCUT2D eigenvalue weighted by Crippen LogP contribution is 2.36. The van der Waals surface area contributed by atoms with Crippen molar-refractivity contribution >= 4 is 67.4 Å². The van der Waals surface area contributed by atoms with Crippen molar-refractivity contribution in [3.8, 4) is 0 Å². The second kappa shape index (κ2) is 8.35. The van der Waals surface area contributed by atoms with Crippen molar-refractivity contribution < 1.29 is 4.79 Å². The molecule has 0 spiro atoms. The molecule has 136 valence electrons. The largest absolute Gasteiger partial charge is 0.343 e. The molecule has 0 aliphatic rings. The number of nitrogens with zero attached hydrogens (tertiary/aromatic N) is 1. The molecule has 1 aromatic heterocycles. The van der Waals surface area contributed by atoms with Crippen LogP contribution in [0.5, 0.6) is 0 Å². The third kappa shape index (κ3) is 3.43. The van der Waals surface area contributed by atoms with E-state index in [4.69, 9.17) is 34.8 Å². The molecule has 0 aliphatic heterocycles. The van der Waals surface area contributed by atoms with Crippen LogP contribution in [0.15, 0.2) is 40.9 Å². The first-order valence-corrected chi connectivity index (χ1v) is 10.4. The molecule has 3 aromatic rings. The first-order valence-electron chi connectivity index (χ1n) is 8.35. The second-order valence-corrected chi connectivity index (χ2v) is 7.95. The minimum atomic E-state index is -0.109. The highest BCUT2D eigenvalue weighted by Gasteiger charge is 2.25. The molecule has 3 rings (SSSR count). The molecular weight excluding hydrogens is 456 g/mol. The Morgan fingerprint density at radius 1 is 1.15 bits per heavy atom. The van der Waals surface area contributed by atoms with Gasteiger partial charge in [-0.05, 0) is 47.0 Å². The lowest BCUT2D eigenvalue weighted by Crippen LogP contribution is -2.09. The van der Waals surface area contributed by atoms with Gasteiger partial charge in [0.2, 0.25) is 0 Å². The summed E-state index contributed by atoms with van der Waals surface area (Å²) in [7, 11) is 0. The van der Waals surface area contributed by atoms with Gasteiger partial charge >= 0.3 is 0 Å². The van der Waals surface area contributed by atoms with Gasteiger partial charge in [-0.25, -0.2) is 0 Å². The zero-order chi connectivity index (χ0) is 18.8. The number of aryl methyl sites for hydroxylation is 1. The van der Waals surface area contributed by atoms with E-state index in [1.54, 1.807) is 18.2 Å². The maximum absolute atomic E-state index is 13.4. The first kappa shape index (κ1) is 19.8. The van der Waals surface area contributed by atoms with Crippen molar-refractivity contribution in [3.05, 3.63) is 67.7 Å². The summed E-state index contributed by atoms with van der Waals surface area (Å²) in [5.74, 6) is 0.457. The maximum atomic E-state index is 13.4. The molecule has 0 N–H and O–H groups in total. The topological polar surface area (TPSA) is 22.0 Å². The minimum absolute atomic E-state index is 0.109. The van der Waals surface area contributed by atoms with E-state index >= 15 is 0 Å². The van der Waals surface area contributed by atoms with Crippen LogP contribution in [0.1, 0.15) is 35.0 Å². The monoisotopic (exact) mass is 471 g/mol. The van der Waals surface area contributed by atoms with Crippen LogP contribution in [-0.2, 0) is 13.0 Å². The number of hydrogen-bond acceptors (Lipinski definition) is 1. The zero-order valence-electron chi connectivity index (χ0n) is 14.2. The average Bonchev–Trinajstić information content (AvgIpc) is 2.96. The smallest absolute Gasteiger partial charge is 0.197 e. The van der Waals surface area contributed by atoms with Crippen LogP contribution in [0.25, 0.3) is 10.9 Å². The van der Waals surface area contributed by atoms with Crippen molar-refractivity contribution in [2.75, 3.05) is 5.88 Å². The Morgan fingerprint density at radius 2 is 1.88 bits per heavy atom. The molecular formula is C20H17BrCl3NO. The second-order valence-electron chi connectivity index (χ2n) is 5.94. The van der Waals surface area contributed by atoms with Gasteiger partial charge in [-0.15, -0.1) is 11.6 Å². The van der Waals surface area contributed by atoms with Crippen LogP contribution in [-0.4, -0.2) is 16.2 Å². The van der Waals surface area contributed by atoms with Gasteiger partial charge in [0.1, 0.15) is 0 Å². The van der Waals surface area contributed by atoms with Gasteiger partial charge in [0.25, 0.3) is 0 Å². The summed E-state index contributed by atoms with van der Waals surface area (Å²) in [6.45, 7) is 2.80. The highest BCUT2D eigenvalue weighted by molar-refractivity contribution is 9.10. The fraction of sp³-hybridized carbons (Fsp3) is 0.250. The molecule has 0 fully saturated rings. The minimum Gasteiger partial charge on any atom is -0.343 e. The van der Waals surface area contributed by atoms with E-state index in [0.717, 1.165) is 40.5 Å². The number of aromatic nitrogens is 1. The molecule has 0 saturated carbocycles. The molecule has 26 heavy (non-hydrogen) atoms. The molecule has 0 atom stereocenters. The maximum Gasteiger partial charge on any atom is 0.197 e. The number of ketones is 1. The third-order valence-corrected chi connectivity index (χ3v) is 6.14. The van der Waals surface area contributed by atoms with Crippen LogP contribution in [0, 0.1) is 0 Å². The number of benzene rings is 2. The van der Waals surface area contributed by atoms with Crippen molar-refractivity contribution in [3.63, 3.8) is 0 Å². The van der Waals surface area contributed by atoms with Crippen LogP contribution in [0.2, 0.25) is 10.0 Å². The number of para-hydroxylation sites is 1. The first-order chi connectivity index (χ1) is 12.5. The Balaban J connectivity index is 2.30. The van der Waals surface area contributed by atoms with Crippen molar-refractivity contribution in [2.45, 2.75) is 26.3 Å². The Bertz CT molecular complexity index is 981. The molecule has 0 amide bonds. The normalized spacial score (nSPS) is 11.3. The van der Waals surface area contributed by atoms with Crippen LogP contribution in [0.4, 0.5) is 0 Å². The van der Waals surface area contributed by atoms with Crippen LogP contribution < -0.4 is 0 Å². The van der Waals surface area contributed by atoms with Gasteiger partial charge in [0, 0.05) is 33.5 Å². The lowest BCUT2D eigenvalue weighted by molar-refractivity contribution is 0.103. The molecule has 0 aliphatic carbocycles. The Kier molecular flexibility index (Phi) is 6.34. The van der Waals surface area contributed by atoms with Crippen LogP contribution >= 0.6 is 50.7 Å². The number of hydrogen-bond donors (Lipinski definition) is 0. The fourth-order valence-electron chi connectivity index (χ4n) is 3.32. The predicted molar refractivity (Wildman–Crippen MR) is 114 cm³/mol. The quantitative estimate of drug-likeness (QED) is 0.276. The summed E-state index contributed by atoms with van der Waals surface area (Å²) in [4.78, 5) is 13.4. The molecule has 2 nitrogen and oxygen atoms in total. The van der Waals surface area contributed by atoms with E-state index in [1.807, 2.05) is 18.2 Å². The number of alkyl halides is 1. The summed E-state index contributed by atoms with van der Waals surface area (Å²) in [6, 6.07) is 11.0. The molecule has 0 unspecified atom stereocenters. The number of carbonyl (C=O) groups excluding carboxylic acids is 1.